The maximum absolute atomic E-state index is 5.78. The van der Waals surface area contributed by atoms with E-state index < -0.39 is 0 Å². The predicted octanol–water partition coefficient (Wildman–Crippen LogP) is 11.3. The summed E-state index contributed by atoms with van der Waals surface area (Å²) in [6.45, 7) is 25.5. The number of hydrogen-bond acceptors (Lipinski definition) is 3. The number of rotatable bonds is 4. The largest absolute Gasteiger partial charge is 2.00 e. The third kappa shape index (κ3) is 5.78. The summed E-state index contributed by atoms with van der Waals surface area (Å²) >= 11 is 0. The molecule has 1 aliphatic heterocycles. The molecular formula is C45H54N4Pt. The molecule has 0 spiro atoms. The number of pyridine rings is 1. The number of fused-ring (bicyclic) bond motifs is 3. The van der Waals surface area contributed by atoms with Crippen LogP contribution < -0.4 is 0 Å². The van der Waals surface area contributed by atoms with Gasteiger partial charge in [-0.3, -0.25) is 0 Å². The van der Waals surface area contributed by atoms with Crippen LogP contribution in [0.2, 0.25) is 0 Å². The molecular weight excluding hydrogens is 792 g/mol. The van der Waals surface area contributed by atoms with Crippen LogP contribution in [0.5, 0.6) is 0 Å². The number of para-hydroxylation sites is 1. The Bertz CT molecular complexity index is 2100. The number of aryl methyl sites for hydroxylation is 2. The second-order valence-electron chi connectivity index (χ2n) is 17.5. The Morgan fingerprint density at radius 3 is 2.18 bits per heavy atom. The van der Waals surface area contributed by atoms with Crippen molar-refractivity contribution < 1.29 is 21.1 Å². The van der Waals surface area contributed by atoms with E-state index in [0.29, 0.717) is 6.04 Å². The van der Waals surface area contributed by atoms with Crippen molar-refractivity contribution in [2.45, 2.75) is 131 Å². The summed E-state index contributed by atoms with van der Waals surface area (Å²) in [6.07, 6.45) is 8.26. The van der Waals surface area contributed by atoms with Crippen molar-refractivity contribution in [3.63, 3.8) is 0 Å². The normalized spacial score (nSPS) is 20.0. The van der Waals surface area contributed by atoms with E-state index >= 15 is 0 Å². The van der Waals surface area contributed by atoms with Gasteiger partial charge in [0, 0.05) is 23.6 Å². The molecule has 264 valence electrons. The van der Waals surface area contributed by atoms with E-state index in [4.69, 9.17) is 9.98 Å². The summed E-state index contributed by atoms with van der Waals surface area (Å²) in [5.74, 6) is 1.11. The van der Waals surface area contributed by atoms with Crippen molar-refractivity contribution in [2.24, 2.45) is 10.4 Å². The van der Waals surface area contributed by atoms with Gasteiger partial charge < -0.3 is 19.4 Å². The van der Waals surface area contributed by atoms with E-state index in [1.807, 2.05) is 6.20 Å². The van der Waals surface area contributed by atoms with E-state index in [0.717, 1.165) is 39.4 Å². The van der Waals surface area contributed by atoms with Gasteiger partial charge in [0.15, 0.2) is 0 Å². The van der Waals surface area contributed by atoms with Crippen LogP contribution in [0.3, 0.4) is 0 Å². The summed E-state index contributed by atoms with van der Waals surface area (Å²) in [5.41, 5.74) is 9.60. The number of nitrogens with zero attached hydrogens (tertiary/aromatic N) is 4. The summed E-state index contributed by atoms with van der Waals surface area (Å²) in [4.78, 5) is 13.3. The molecule has 0 radical (unpaired) electrons. The molecule has 0 saturated heterocycles. The van der Waals surface area contributed by atoms with E-state index in [9.17, 15) is 0 Å². The van der Waals surface area contributed by atoms with Gasteiger partial charge in [0.2, 0.25) is 0 Å². The van der Waals surface area contributed by atoms with Gasteiger partial charge >= 0.3 is 21.1 Å². The first kappa shape index (κ1) is 36.6. The molecule has 1 aliphatic carbocycles. The first-order chi connectivity index (χ1) is 23.0. The van der Waals surface area contributed by atoms with Gasteiger partial charge in [-0.2, -0.15) is 0 Å². The zero-order valence-electron chi connectivity index (χ0n) is 32.0. The van der Waals surface area contributed by atoms with Crippen LogP contribution in [-0.4, -0.2) is 37.4 Å². The van der Waals surface area contributed by atoms with Gasteiger partial charge in [-0.1, -0.05) is 104 Å². The fourth-order valence-corrected chi connectivity index (χ4v) is 8.70. The molecule has 5 aromatic rings. The van der Waals surface area contributed by atoms with Crippen LogP contribution in [-0.2, 0) is 26.5 Å². The quantitative estimate of drug-likeness (QED) is 0.169. The second-order valence-corrected chi connectivity index (χ2v) is 17.5. The van der Waals surface area contributed by atoms with Crippen molar-refractivity contribution in [3.05, 3.63) is 95.2 Å². The maximum Gasteiger partial charge on any atom is 2.00 e. The fourth-order valence-electron chi connectivity index (χ4n) is 8.70. The van der Waals surface area contributed by atoms with Crippen molar-refractivity contribution in [3.8, 4) is 16.9 Å². The number of benzene rings is 3. The minimum atomic E-state index is -0.276. The zero-order valence-corrected chi connectivity index (χ0v) is 34.3. The van der Waals surface area contributed by atoms with Crippen molar-refractivity contribution in [1.29, 1.82) is 0 Å². The Morgan fingerprint density at radius 1 is 0.800 bits per heavy atom. The molecule has 1 fully saturated rings. The SMILES string of the molecule is Cc1cc(C)c(-n2c3[c-]c(-c4cc(C(C)(C)C)ccn4)ccc3c3ccccc32)[c-]c1C1=N[C@](C)(C(C)(C)C)C(C)(C)N1C1CCCCC1.[Pt+2]. The van der Waals surface area contributed by atoms with Gasteiger partial charge in [0.25, 0.3) is 0 Å². The zero-order chi connectivity index (χ0) is 35.1. The summed E-state index contributed by atoms with van der Waals surface area (Å²) in [7, 11) is 0. The van der Waals surface area contributed by atoms with Gasteiger partial charge in [-0.05, 0) is 84.4 Å². The predicted molar refractivity (Wildman–Crippen MR) is 207 cm³/mol. The van der Waals surface area contributed by atoms with E-state index in [2.05, 4.69) is 152 Å². The summed E-state index contributed by atoms with van der Waals surface area (Å²) in [5, 5.41) is 2.40. The molecule has 5 heteroatoms. The van der Waals surface area contributed by atoms with Crippen LogP contribution in [0.4, 0.5) is 0 Å². The minimum absolute atomic E-state index is 0. The molecule has 2 aliphatic rings. The molecule has 7 rings (SSSR count). The van der Waals surface area contributed by atoms with Gasteiger partial charge in [0.1, 0.15) is 0 Å². The van der Waals surface area contributed by atoms with Gasteiger partial charge in [-0.25, -0.2) is 0 Å². The van der Waals surface area contributed by atoms with Crippen molar-refractivity contribution in [1.82, 2.24) is 14.5 Å². The molecule has 1 saturated carbocycles. The summed E-state index contributed by atoms with van der Waals surface area (Å²) < 4.78 is 2.38. The molecule has 0 N–H and O–H groups in total. The fraction of sp³-hybridized carbons (Fsp3) is 0.467. The van der Waals surface area contributed by atoms with Crippen LogP contribution >= 0.6 is 0 Å². The maximum atomic E-state index is 5.78. The molecule has 3 aromatic carbocycles. The van der Waals surface area contributed by atoms with Gasteiger partial charge in [-0.15, -0.1) is 52.6 Å². The first-order valence-corrected chi connectivity index (χ1v) is 18.4. The molecule has 2 aromatic heterocycles. The third-order valence-corrected chi connectivity index (χ3v) is 12.1. The Hall–Kier alpha value is -3.23. The van der Waals surface area contributed by atoms with Crippen LogP contribution in [0, 0.1) is 31.4 Å². The third-order valence-electron chi connectivity index (χ3n) is 12.1. The molecule has 1 atom stereocenters. The smallest absolute Gasteiger partial charge is 0.386 e. The average molecular weight is 846 g/mol. The topological polar surface area (TPSA) is 33.4 Å². The van der Waals surface area contributed by atoms with E-state index in [-0.39, 0.29) is 43.0 Å². The Labute approximate surface area is 315 Å². The molecule has 0 bridgehead atoms. The monoisotopic (exact) mass is 845 g/mol. The number of aromatic nitrogens is 2. The van der Waals surface area contributed by atoms with Crippen molar-refractivity contribution in [2.75, 3.05) is 0 Å². The Kier molecular flexibility index (Phi) is 9.33. The Balaban J connectivity index is 0.00000432. The number of hydrogen-bond donors (Lipinski definition) is 0. The molecule has 0 unspecified atom stereocenters. The standard InChI is InChI=1S/C45H54N4.Pt/c1-29-25-30(2)39(28-36(29)41-47-45(11,43(6,7)8)44(9,10)49(41)33-17-13-12-14-18-33)48-38-20-16-15-19-34(38)35-22-21-31(26-40(35)48)37-27-32(23-24-46-37)42(3,4)5;/h15-16,19-25,27,33H,12-14,17-18H2,1-11H3;/q-2;+2/t45-;/m1./s1. The van der Waals surface area contributed by atoms with E-state index in [1.54, 1.807) is 0 Å². The molecule has 3 heterocycles. The van der Waals surface area contributed by atoms with Gasteiger partial charge in [0.05, 0.1) is 11.1 Å². The average Bonchev–Trinajstić information content (AvgIpc) is 3.49. The number of aliphatic imine (C=N–C) groups is 1. The number of amidine groups is 1. The molecule has 50 heavy (non-hydrogen) atoms. The minimum Gasteiger partial charge on any atom is -0.386 e. The van der Waals surface area contributed by atoms with Crippen LogP contribution in [0.15, 0.2) is 65.8 Å². The van der Waals surface area contributed by atoms with Crippen molar-refractivity contribution >= 4 is 27.6 Å². The second kappa shape index (κ2) is 12.8. The molecule has 4 nitrogen and oxygen atoms in total. The van der Waals surface area contributed by atoms with Crippen LogP contribution in [0.25, 0.3) is 38.8 Å². The summed E-state index contributed by atoms with van der Waals surface area (Å²) in [6, 6.07) is 28.2. The first-order valence-electron chi connectivity index (χ1n) is 18.4. The van der Waals surface area contributed by atoms with Crippen LogP contribution in [0.1, 0.15) is 117 Å². The van der Waals surface area contributed by atoms with E-state index in [1.165, 1.54) is 59.6 Å². The Morgan fingerprint density at radius 2 is 1.50 bits per heavy atom. The molecule has 0 amide bonds.